The smallest absolute Gasteiger partial charge is 0.433 e. The molecule has 21 heavy (non-hydrogen) atoms. The number of rotatable bonds is 5. The number of pyridine rings is 1. The number of carbonyl (C=O) groups is 1. The minimum absolute atomic E-state index is 0.0752. The number of hydrogen-bond donors (Lipinski definition) is 1. The zero-order valence-corrected chi connectivity index (χ0v) is 11.0. The lowest BCUT2D eigenvalue weighted by atomic mass is 9.98. The third kappa shape index (κ3) is 4.10. The van der Waals surface area contributed by atoms with Crippen LogP contribution in [-0.4, -0.2) is 17.6 Å². The van der Waals surface area contributed by atoms with Crippen LogP contribution in [0.15, 0.2) is 6.20 Å². The molecular formula is C12H13F5N2O2. The van der Waals surface area contributed by atoms with E-state index in [0.29, 0.717) is 6.20 Å². The number of aromatic nitrogens is 1. The highest BCUT2D eigenvalue weighted by Gasteiger charge is 2.38. The van der Waals surface area contributed by atoms with E-state index in [1.54, 1.807) is 0 Å². The van der Waals surface area contributed by atoms with Crippen LogP contribution in [0.4, 0.5) is 22.0 Å². The van der Waals surface area contributed by atoms with E-state index in [4.69, 9.17) is 5.73 Å². The van der Waals surface area contributed by atoms with Gasteiger partial charge in [-0.05, 0) is 12.5 Å². The third-order valence-corrected chi connectivity index (χ3v) is 2.64. The van der Waals surface area contributed by atoms with Crippen molar-refractivity contribution < 1.29 is 31.5 Å². The number of alkyl halides is 5. The van der Waals surface area contributed by atoms with E-state index in [1.165, 1.54) is 6.92 Å². The van der Waals surface area contributed by atoms with Gasteiger partial charge in [0.2, 0.25) is 0 Å². The summed E-state index contributed by atoms with van der Waals surface area (Å²) >= 11 is 0. The Kier molecular flexibility index (Phi) is 5.59. The first kappa shape index (κ1) is 17.3. The SMILES string of the molecule is CCOC(=O)Cc1c(C(F)(F)F)ncc(CN)c1C(F)F. The molecule has 0 spiro atoms. The lowest BCUT2D eigenvalue weighted by Gasteiger charge is -2.18. The van der Waals surface area contributed by atoms with Crippen LogP contribution in [0, 0.1) is 0 Å². The summed E-state index contributed by atoms with van der Waals surface area (Å²) in [7, 11) is 0. The van der Waals surface area contributed by atoms with Crippen LogP contribution in [0.2, 0.25) is 0 Å². The van der Waals surface area contributed by atoms with E-state index in [0.717, 1.165) is 0 Å². The molecule has 0 unspecified atom stereocenters. The van der Waals surface area contributed by atoms with Crippen molar-refractivity contribution in [3.05, 3.63) is 28.6 Å². The molecule has 0 saturated heterocycles. The summed E-state index contributed by atoms with van der Waals surface area (Å²) in [6.45, 7) is 0.958. The highest BCUT2D eigenvalue weighted by atomic mass is 19.4. The second kappa shape index (κ2) is 6.79. The molecule has 0 atom stereocenters. The zero-order valence-electron chi connectivity index (χ0n) is 11.0. The fourth-order valence-corrected chi connectivity index (χ4v) is 1.83. The molecule has 1 aromatic rings. The van der Waals surface area contributed by atoms with Crippen LogP contribution < -0.4 is 5.73 Å². The van der Waals surface area contributed by atoms with Crippen molar-refractivity contribution in [3.63, 3.8) is 0 Å². The summed E-state index contributed by atoms with van der Waals surface area (Å²) < 4.78 is 69.3. The quantitative estimate of drug-likeness (QED) is 0.670. The molecule has 1 aromatic heterocycles. The van der Waals surface area contributed by atoms with Crippen LogP contribution in [0.5, 0.6) is 0 Å². The highest BCUT2D eigenvalue weighted by molar-refractivity contribution is 5.73. The molecule has 9 heteroatoms. The van der Waals surface area contributed by atoms with Crippen molar-refractivity contribution in [1.29, 1.82) is 0 Å². The Morgan fingerprint density at radius 3 is 2.48 bits per heavy atom. The van der Waals surface area contributed by atoms with Gasteiger partial charge in [0.15, 0.2) is 0 Å². The third-order valence-electron chi connectivity index (χ3n) is 2.64. The second-order valence-corrected chi connectivity index (χ2v) is 4.01. The molecule has 0 radical (unpaired) electrons. The predicted molar refractivity (Wildman–Crippen MR) is 62.4 cm³/mol. The lowest BCUT2D eigenvalue weighted by molar-refractivity contribution is -0.144. The summed E-state index contributed by atoms with van der Waals surface area (Å²) in [5, 5.41) is 0. The zero-order chi connectivity index (χ0) is 16.2. The van der Waals surface area contributed by atoms with Gasteiger partial charge in [0.1, 0.15) is 5.69 Å². The predicted octanol–water partition coefficient (Wildman–Crippen LogP) is 2.60. The molecule has 2 N–H and O–H groups in total. The summed E-state index contributed by atoms with van der Waals surface area (Å²) in [5.74, 6) is -1.04. The van der Waals surface area contributed by atoms with Crippen molar-refractivity contribution in [2.75, 3.05) is 6.61 Å². The molecule has 1 rings (SSSR count). The average Bonchev–Trinajstić information content (AvgIpc) is 2.36. The maximum Gasteiger partial charge on any atom is 0.433 e. The summed E-state index contributed by atoms with van der Waals surface area (Å²) in [6.07, 6.45) is -8.46. The number of carbonyl (C=O) groups excluding carboxylic acids is 1. The molecular weight excluding hydrogens is 299 g/mol. The fourth-order valence-electron chi connectivity index (χ4n) is 1.83. The van der Waals surface area contributed by atoms with Gasteiger partial charge in [-0.15, -0.1) is 0 Å². The van der Waals surface area contributed by atoms with Crippen LogP contribution in [0.1, 0.15) is 35.7 Å². The monoisotopic (exact) mass is 312 g/mol. The summed E-state index contributed by atoms with van der Waals surface area (Å²) in [5.41, 5.74) is 1.67. The van der Waals surface area contributed by atoms with Gasteiger partial charge in [0.25, 0.3) is 6.43 Å². The first-order chi connectivity index (χ1) is 9.72. The Balaban J connectivity index is 3.47. The Hall–Kier alpha value is -1.77. The lowest BCUT2D eigenvalue weighted by Crippen LogP contribution is -2.20. The Labute approximate surface area is 117 Å². The molecule has 0 amide bonds. The van der Waals surface area contributed by atoms with Gasteiger partial charge in [-0.2, -0.15) is 13.2 Å². The molecule has 0 fully saturated rings. The van der Waals surface area contributed by atoms with Crippen molar-refractivity contribution in [2.45, 2.75) is 32.5 Å². The maximum atomic E-state index is 13.1. The number of halogens is 5. The maximum absolute atomic E-state index is 13.1. The molecule has 0 aliphatic heterocycles. The van der Waals surface area contributed by atoms with E-state index in [2.05, 4.69) is 9.72 Å². The molecule has 0 aliphatic carbocycles. The molecule has 4 nitrogen and oxygen atoms in total. The molecule has 0 bridgehead atoms. The number of ether oxygens (including phenoxy) is 1. The topological polar surface area (TPSA) is 65.2 Å². The van der Waals surface area contributed by atoms with Gasteiger partial charge in [0, 0.05) is 23.9 Å². The van der Waals surface area contributed by atoms with Gasteiger partial charge in [0.05, 0.1) is 13.0 Å². The van der Waals surface area contributed by atoms with Gasteiger partial charge in [-0.1, -0.05) is 0 Å². The van der Waals surface area contributed by atoms with Crippen molar-refractivity contribution >= 4 is 5.97 Å². The van der Waals surface area contributed by atoms with Crippen molar-refractivity contribution in [2.24, 2.45) is 5.73 Å². The minimum Gasteiger partial charge on any atom is -0.466 e. The highest BCUT2D eigenvalue weighted by Crippen LogP contribution is 2.36. The second-order valence-electron chi connectivity index (χ2n) is 4.01. The first-order valence-electron chi connectivity index (χ1n) is 5.94. The van der Waals surface area contributed by atoms with Gasteiger partial charge >= 0.3 is 12.1 Å². The van der Waals surface area contributed by atoms with Crippen molar-refractivity contribution in [1.82, 2.24) is 4.98 Å². The van der Waals surface area contributed by atoms with Gasteiger partial charge < -0.3 is 10.5 Å². The van der Waals surface area contributed by atoms with Gasteiger partial charge in [-0.25, -0.2) is 8.78 Å². The van der Waals surface area contributed by atoms with E-state index >= 15 is 0 Å². The number of nitrogens with two attached hydrogens (primary N) is 1. The molecule has 118 valence electrons. The first-order valence-corrected chi connectivity index (χ1v) is 5.94. The summed E-state index contributed by atoms with van der Waals surface area (Å²) in [6, 6.07) is 0. The number of nitrogens with zero attached hydrogens (tertiary/aromatic N) is 1. The van der Waals surface area contributed by atoms with Gasteiger partial charge in [-0.3, -0.25) is 9.78 Å². The Morgan fingerprint density at radius 1 is 1.43 bits per heavy atom. The van der Waals surface area contributed by atoms with E-state index in [-0.39, 0.29) is 12.2 Å². The molecule has 0 saturated carbocycles. The number of esters is 1. The largest absolute Gasteiger partial charge is 0.466 e. The van der Waals surface area contributed by atoms with E-state index in [9.17, 15) is 26.7 Å². The van der Waals surface area contributed by atoms with Crippen LogP contribution in [0.25, 0.3) is 0 Å². The molecule has 0 aliphatic rings. The molecule has 0 aromatic carbocycles. The summed E-state index contributed by atoms with van der Waals surface area (Å²) in [4.78, 5) is 14.5. The Bertz CT molecular complexity index is 517. The van der Waals surface area contributed by atoms with Crippen LogP contribution in [-0.2, 0) is 28.7 Å². The fraction of sp³-hybridized carbons (Fsp3) is 0.500. The normalized spacial score (nSPS) is 11.8. The van der Waals surface area contributed by atoms with Crippen LogP contribution in [0.3, 0.4) is 0 Å². The van der Waals surface area contributed by atoms with Crippen molar-refractivity contribution in [3.8, 4) is 0 Å². The number of hydrogen-bond acceptors (Lipinski definition) is 4. The van der Waals surface area contributed by atoms with Crippen LogP contribution >= 0.6 is 0 Å². The standard InChI is InChI=1S/C12H13F5N2O2/c1-2-21-8(20)3-7-9(11(13)14)6(4-18)5-19-10(7)12(15,16)17/h5,11H,2-4,18H2,1H3. The van der Waals surface area contributed by atoms with E-state index in [1.807, 2.05) is 0 Å². The Morgan fingerprint density at radius 2 is 2.05 bits per heavy atom. The average molecular weight is 312 g/mol. The minimum atomic E-state index is -4.96. The molecule has 1 heterocycles. The van der Waals surface area contributed by atoms with E-state index < -0.39 is 48.4 Å².